The van der Waals surface area contributed by atoms with Gasteiger partial charge in [0.1, 0.15) is 5.75 Å². The Hall–Kier alpha value is -3.00. The highest BCUT2D eigenvalue weighted by Crippen LogP contribution is 2.16. The summed E-state index contributed by atoms with van der Waals surface area (Å²) < 4.78 is 6.16. The third kappa shape index (κ3) is 14.1. The molecule has 0 unspecified atom stereocenters. The quantitative estimate of drug-likeness (QED) is 0.0651. The molecule has 8 heteroatoms. The molecule has 0 saturated carbocycles. The maximum Gasteiger partial charge on any atom is 0.343 e. The largest absolute Gasteiger partial charge is 0.423 e. The molecule has 0 heterocycles. The molecule has 2 aromatic carbocycles. The summed E-state index contributed by atoms with van der Waals surface area (Å²) in [5, 5.41) is 6.54. The van der Waals surface area contributed by atoms with Gasteiger partial charge in [-0.05, 0) is 54.4 Å². The normalized spacial score (nSPS) is 10.9. The zero-order chi connectivity index (χ0) is 27.4. The molecule has 0 aliphatic carbocycles. The highest BCUT2D eigenvalue weighted by atomic mass is 79.9. The number of carbonyl (C=O) groups is 3. The van der Waals surface area contributed by atoms with Crippen molar-refractivity contribution in [3.05, 3.63) is 64.1 Å². The molecular weight excluding hydrogens is 546 g/mol. The number of unbranched alkanes of at least 4 members (excludes halogenated alkanes) is 10. The molecule has 0 aliphatic heterocycles. The van der Waals surface area contributed by atoms with Gasteiger partial charge in [0.15, 0.2) is 0 Å². The summed E-state index contributed by atoms with van der Waals surface area (Å²) in [5.74, 6) is -0.566. The van der Waals surface area contributed by atoms with Crippen molar-refractivity contribution in [2.75, 3.05) is 6.54 Å². The van der Waals surface area contributed by atoms with Gasteiger partial charge in [0, 0.05) is 10.9 Å². The minimum atomic E-state index is -0.453. The molecule has 2 rings (SSSR count). The molecule has 2 amide bonds. The van der Waals surface area contributed by atoms with E-state index in [-0.39, 0.29) is 12.5 Å². The number of carbonyl (C=O) groups excluding carboxylic acids is 3. The highest BCUT2D eigenvalue weighted by molar-refractivity contribution is 9.10. The van der Waals surface area contributed by atoms with E-state index in [1.807, 2.05) is 6.07 Å². The number of hydrogen-bond acceptors (Lipinski definition) is 5. The van der Waals surface area contributed by atoms with E-state index in [1.54, 1.807) is 42.5 Å². The summed E-state index contributed by atoms with van der Waals surface area (Å²) in [6.45, 7) is 2.13. The van der Waals surface area contributed by atoms with E-state index in [0.29, 0.717) is 23.3 Å². The molecule has 0 aromatic heterocycles. The molecule has 0 saturated heterocycles. The first-order chi connectivity index (χ1) is 18.5. The summed E-state index contributed by atoms with van der Waals surface area (Å²) in [6.07, 6.45) is 15.5. The lowest BCUT2D eigenvalue weighted by Crippen LogP contribution is -2.34. The second-order valence-corrected chi connectivity index (χ2v) is 10.2. The monoisotopic (exact) mass is 585 g/mol. The number of benzene rings is 2. The Labute approximate surface area is 234 Å². The van der Waals surface area contributed by atoms with Gasteiger partial charge < -0.3 is 10.1 Å². The summed E-state index contributed by atoms with van der Waals surface area (Å²) in [7, 11) is 0. The third-order valence-electron chi connectivity index (χ3n) is 6.01. The summed E-state index contributed by atoms with van der Waals surface area (Å²) >= 11 is 3.33. The number of nitrogens with one attached hydrogen (secondary N) is 2. The lowest BCUT2D eigenvalue weighted by molar-refractivity contribution is -0.126. The Kier molecular flexibility index (Phi) is 15.7. The van der Waals surface area contributed by atoms with E-state index >= 15 is 0 Å². The topological polar surface area (TPSA) is 96.9 Å². The maximum atomic E-state index is 12.2. The van der Waals surface area contributed by atoms with Crippen molar-refractivity contribution in [1.29, 1.82) is 0 Å². The summed E-state index contributed by atoms with van der Waals surface area (Å²) in [5.41, 5.74) is 3.56. The van der Waals surface area contributed by atoms with Gasteiger partial charge in [-0.15, -0.1) is 0 Å². The second-order valence-electron chi connectivity index (χ2n) is 9.32. The Balaban J connectivity index is 1.53. The minimum absolute atomic E-state index is 0.112. The Morgan fingerprint density at radius 1 is 0.842 bits per heavy atom. The predicted molar refractivity (Wildman–Crippen MR) is 155 cm³/mol. The number of nitrogens with zero attached hydrogens (tertiary/aromatic N) is 1. The van der Waals surface area contributed by atoms with Crippen LogP contribution in [0.3, 0.4) is 0 Å². The van der Waals surface area contributed by atoms with Crippen LogP contribution in [-0.2, 0) is 9.59 Å². The first-order valence-corrected chi connectivity index (χ1v) is 14.4. The summed E-state index contributed by atoms with van der Waals surface area (Å²) in [4.78, 5) is 36.1. The number of esters is 1. The van der Waals surface area contributed by atoms with Crippen LogP contribution in [0.1, 0.15) is 99.9 Å². The Morgan fingerprint density at radius 2 is 1.47 bits per heavy atom. The van der Waals surface area contributed by atoms with E-state index in [1.165, 1.54) is 57.6 Å². The van der Waals surface area contributed by atoms with Gasteiger partial charge in [0.05, 0.1) is 18.3 Å². The van der Waals surface area contributed by atoms with Crippen molar-refractivity contribution in [2.24, 2.45) is 5.10 Å². The van der Waals surface area contributed by atoms with Crippen molar-refractivity contribution >= 4 is 39.9 Å². The van der Waals surface area contributed by atoms with Crippen LogP contribution in [0.5, 0.6) is 5.75 Å². The molecule has 206 valence electrons. The van der Waals surface area contributed by atoms with E-state index in [2.05, 4.69) is 38.7 Å². The van der Waals surface area contributed by atoms with Crippen molar-refractivity contribution < 1.29 is 19.1 Å². The first kappa shape index (κ1) is 31.2. The molecule has 38 heavy (non-hydrogen) atoms. The first-order valence-electron chi connectivity index (χ1n) is 13.6. The molecule has 0 atom stereocenters. The minimum Gasteiger partial charge on any atom is -0.423 e. The number of hydrazone groups is 1. The molecule has 7 nitrogen and oxygen atoms in total. The second kappa shape index (κ2) is 19.1. The van der Waals surface area contributed by atoms with Crippen LogP contribution in [-0.4, -0.2) is 30.5 Å². The zero-order valence-electron chi connectivity index (χ0n) is 22.3. The molecule has 0 aliphatic rings. The fraction of sp³-hybridized carbons (Fsp3) is 0.467. The van der Waals surface area contributed by atoms with Crippen LogP contribution in [0.4, 0.5) is 0 Å². The SMILES string of the molecule is CCCCCCCCCCCCCC(=O)NCC(=O)N/N=C\c1ccc(OC(=O)c2cccc(Br)c2)cc1. The van der Waals surface area contributed by atoms with Gasteiger partial charge in [-0.3, -0.25) is 9.59 Å². The van der Waals surface area contributed by atoms with Crippen molar-refractivity contribution in [3.63, 3.8) is 0 Å². The zero-order valence-corrected chi connectivity index (χ0v) is 23.9. The lowest BCUT2D eigenvalue weighted by Gasteiger charge is -2.05. The van der Waals surface area contributed by atoms with Gasteiger partial charge >= 0.3 is 5.97 Å². The molecular formula is C30H40BrN3O4. The van der Waals surface area contributed by atoms with Crippen LogP contribution in [0, 0.1) is 0 Å². The molecule has 2 aromatic rings. The fourth-order valence-electron chi connectivity index (χ4n) is 3.84. The molecule has 0 spiro atoms. The fourth-order valence-corrected chi connectivity index (χ4v) is 4.24. The Morgan fingerprint density at radius 3 is 2.11 bits per heavy atom. The van der Waals surface area contributed by atoms with Gasteiger partial charge in [-0.25, -0.2) is 10.2 Å². The van der Waals surface area contributed by atoms with E-state index < -0.39 is 11.9 Å². The van der Waals surface area contributed by atoms with Gasteiger partial charge in [0.2, 0.25) is 5.91 Å². The van der Waals surface area contributed by atoms with Crippen LogP contribution in [0.25, 0.3) is 0 Å². The molecule has 0 fully saturated rings. The van der Waals surface area contributed by atoms with E-state index in [0.717, 1.165) is 23.7 Å². The van der Waals surface area contributed by atoms with Gasteiger partial charge in [-0.1, -0.05) is 93.1 Å². The van der Waals surface area contributed by atoms with Gasteiger partial charge in [0.25, 0.3) is 5.91 Å². The third-order valence-corrected chi connectivity index (χ3v) is 6.50. The number of hydrogen-bond donors (Lipinski definition) is 2. The average Bonchev–Trinajstić information content (AvgIpc) is 2.91. The van der Waals surface area contributed by atoms with Crippen LogP contribution >= 0.6 is 15.9 Å². The number of amides is 2. The molecule has 0 bridgehead atoms. The smallest absolute Gasteiger partial charge is 0.343 e. The standard InChI is InChI=1S/C30H40BrN3O4/c1-2-3-4-5-6-7-8-9-10-11-12-16-28(35)32-23-29(36)34-33-22-24-17-19-27(20-18-24)38-30(37)25-14-13-15-26(31)21-25/h13-15,17-22H,2-12,16,23H2,1H3,(H,32,35)(H,34,36)/b33-22-. The van der Waals surface area contributed by atoms with E-state index in [9.17, 15) is 14.4 Å². The van der Waals surface area contributed by atoms with Crippen molar-refractivity contribution in [3.8, 4) is 5.75 Å². The number of ether oxygens (including phenoxy) is 1. The molecule has 2 N–H and O–H groups in total. The predicted octanol–water partition coefficient (Wildman–Crippen LogP) is 6.94. The molecule has 0 radical (unpaired) electrons. The summed E-state index contributed by atoms with van der Waals surface area (Å²) in [6, 6.07) is 13.7. The van der Waals surface area contributed by atoms with Crippen LogP contribution in [0.15, 0.2) is 58.1 Å². The average molecular weight is 587 g/mol. The van der Waals surface area contributed by atoms with Gasteiger partial charge in [-0.2, -0.15) is 5.10 Å². The van der Waals surface area contributed by atoms with Crippen molar-refractivity contribution in [2.45, 2.75) is 84.0 Å². The lowest BCUT2D eigenvalue weighted by atomic mass is 10.1. The number of rotatable bonds is 18. The Bertz CT molecular complexity index is 1020. The van der Waals surface area contributed by atoms with Crippen molar-refractivity contribution in [1.82, 2.24) is 10.7 Å². The maximum absolute atomic E-state index is 12.2. The number of halogens is 1. The van der Waals surface area contributed by atoms with E-state index in [4.69, 9.17) is 4.74 Å². The van der Waals surface area contributed by atoms with Crippen LogP contribution in [0.2, 0.25) is 0 Å². The highest BCUT2D eigenvalue weighted by Gasteiger charge is 2.09. The van der Waals surface area contributed by atoms with Crippen LogP contribution < -0.4 is 15.5 Å².